The van der Waals surface area contributed by atoms with Gasteiger partial charge in [-0.3, -0.25) is 4.79 Å². The zero-order valence-corrected chi connectivity index (χ0v) is 13.1. The summed E-state index contributed by atoms with van der Waals surface area (Å²) in [5.41, 5.74) is 2.15. The average molecular weight is 359 g/mol. The van der Waals surface area contributed by atoms with Crippen molar-refractivity contribution in [2.45, 2.75) is 6.92 Å². The van der Waals surface area contributed by atoms with Crippen LogP contribution in [-0.4, -0.2) is 5.91 Å². The Labute approximate surface area is 129 Å². The van der Waals surface area contributed by atoms with Crippen molar-refractivity contribution in [3.05, 3.63) is 62.0 Å². The summed E-state index contributed by atoms with van der Waals surface area (Å²) < 4.78 is 0.900. The maximum atomic E-state index is 12.1. The molecule has 1 amide bonds. The van der Waals surface area contributed by atoms with Crippen LogP contribution in [0.4, 0.5) is 5.69 Å². The highest BCUT2D eigenvalue weighted by molar-refractivity contribution is 9.10. The molecule has 2 rings (SSSR count). The molecule has 0 spiro atoms. The summed E-state index contributed by atoms with van der Waals surface area (Å²) in [5.74, 6) is -0.245. The van der Waals surface area contributed by atoms with E-state index >= 15 is 0 Å². The normalized spacial score (nSPS) is 10.3. The maximum absolute atomic E-state index is 12.1. The Morgan fingerprint density at radius 3 is 2.37 bits per heavy atom. The minimum atomic E-state index is -0.245. The molecule has 5 heteroatoms. The number of benzene rings is 2. The molecule has 0 heterocycles. The van der Waals surface area contributed by atoms with Gasteiger partial charge in [-0.15, -0.1) is 0 Å². The molecule has 0 unspecified atom stereocenters. The summed E-state index contributed by atoms with van der Waals surface area (Å²) in [6, 6.07) is 10.4. The van der Waals surface area contributed by atoms with E-state index in [1.807, 2.05) is 25.1 Å². The van der Waals surface area contributed by atoms with Crippen LogP contribution < -0.4 is 5.32 Å². The Kier molecular flexibility index (Phi) is 4.50. The first-order valence-electron chi connectivity index (χ1n) is 5.49. The standard InChI is InChI=1S/C14H10BrCl2NO/c1-8-2-3-10(15)6-13(8)18-14(19)9-4-11(16)7-12(17)5-9/h2-7H,1H3,(H,18,19). The molecule has 0 aliphatic rings. The number of hydrogen-bond acceptors (Lipinski definition) is 1. The topological polar surface area (TPSA) is 29.1 Å². The number of anilines is 1. The predicted octanol–water partition coefficient (Wildman–Crippen LogP) is 5.32. The number of carbonyl (C=O) groups is 1. The number of amides is 1. The number of halogens is 3. The van der Waals surface area contributed by atoms with E-state index in [-0.39, 0.29) is 5.91 Å². The van der Waals surface area contributed by atoms with Crippen molar-refractivity contribution in [3.63, 3.8) is 0 Å². The van der Waals surface area contributed by atoms with Gasteiger partial charge in [0.05, 0.1) is 0 Å². The number of rotatable bonds is 2. The molecule has 0 aliphatic carbocycles. The van der Waals surface area contributed by atoms with Gasteiger partial charge in [0.25, 0.3) is 5.91 Å². The largest absolute Gasteiger partial charge is 0.322 e. The molecule has 0 atom stereocenters. The molecule has 1 N–H and O–H groups in total. The van der Waals surface area contributed by atoms with Crippen LogP contribution in [-0.2, 0) is 0 Å². The van der Waals surface area contributed by atoms with Crippen LogP contribution in [0, 0.1) is 6.92 Å². The number of carbonyl (C=O) groups excluding carboxylic acids is 1. The van der Waals surface area contributed by atoms with Crippen molar-refractivity contribution in [1.82, 2.24) is 0 Å². The molecule has 2 nitrogen and oxygen atoms in total. The monoisotopic (exact) mass is 357 g/mol. The lowest BCUT2D eigenvalue weighted by Crippen LogP contribution is -2.12. The zero-order chi connectivity index (χ0) is 14.0. The summed E-state index contributed by atoms with van der Waals surface area (Å²) in [6.45, 7) is 1.92. The highest BCUT2D eigenvalue weighted by Gasteiger charge is 2.10. The van der Waals surface area contributed by atoms with E-state index in [4.69, 9.17) is 23.2 Å². The van der Waals surface area contributed by atoms with Gasteiger partial charge in [0.15, 0.2) is 0 Å². The third kappa shape index (κ3) is 3.72. The van der Waals surface area contributed by atoms with Crippen LogP contribution in [0.15, 0.2) is 40.9 Å². The Balaban J connectivity index is 2.28. The van der Waals surface area contributed by atoms with Crippen molar-refractivity contribution in [1.29, 1.82) is 0 Å². The second-order valence-corrected chi connectivity index (χ2v) is 5.86. The van der Waals surface area contributed by atoms with Gasteiger partial charge in [-0.1, -0.05) is 45.2 Å². The van der Waals surface area contributed by atoms with Crippen molar-refractivity contribution in [2.24, 2.45) is 0 Å². The summed E-state index contributed by atoms with van der Waals surface area (Å²) >= 11 is 15.1. The average Bonchev–Trinajstić information content (AvgIpc) is 2.32. The van der Waals surface area contributed by atoms with E-state index in [2.05, 4.69) is 21.2 Å². The highest BCUT2D eigenvalue weighted by atomic mass is 79.9. The minimum absolute atomic E-state index is 0.245. The van der Waals surface area contributed by atoms with E-state index in [0.717, 1.165) is 15.7 Å². The number of hydrogen-bond donors (Lipinski definition) is 1. The Morgan fingerprint density at radius 2 is 1.74 bits per heavy atom. The lowest BCUT2D eigenvalue weighted by molar-refractivity contribution is 0.102. The van der Waals surface area contributed by atoms with Crippen LogP contribution in [0.5, 0.6) is 0 Å². The zero-order valence-electron chi connectivity index (χ0n) is 10.0. The van der Waals surface area contributed by atoms with Crippen molar-refractivity contribution >= 4 is 50.7 Å². The lowest BCUT2D eigenvalue weighted by atomic mass is 10.1. The second-order valence-electron chi connectivity index (χ2n) is 4.07. The SMILES string of the molecule is Cc1ccc(Br)cc1NC(=O)c1cc(Cl)cc(Cl)c1. The molecule has 0 fully saturated rings. The van der Waals surface area contributed by atoms with Gasteiger partial charge >= 0.3 is 0 Å². The first-order valence-corrected chi connectivity index (χ1v) is 7.04. The van der Waals surface area contributed by atoms with Crippen LogP contribution in [0.1, 0.15) is 15.9 Å². The molecule has 0 radical (unpaired) electrons. The summed E-state index contributed by atoms with van der Waals surface area (Å²) in [6.07, 6.45) is 0. The van der Waals surface area contributed by atoms with Crippen molar-refractivity contribution in [3.8, 4) is 0 Å². The molecule has 0 saturated carbocycles. The lowest BCUT2D eigenvalue weighted by Gasteiger charge is -2.09. The van der Waals surface area contributed by atoms with E-state index in [1.165, 1.54) is 0 Å². The fourth-order valence-corrected chi connectivity index (χ4v) is 2.50. The molecule has 98 valence electrons. The van der Waals surface area contributed by atoms with Gasteiger partial charge < -0.3 is 5.32 Å². The fraction of sp³-hybridized carbons (Fsp3) is 0.0714. The van der Waals surface area contributed by atoms with Crippen LogP contribution in [0.2, 0.25) is 10.0 Å². The fourth-order valence-electron chi connectivity index (χ4n) is 1.61. The molecule has 0 bridgehead atoms. The second kappa shape index (κ2) is 5.95. The molecule has 2 aromatic rings. The van der Waals surface area contributed by atoms with E-state index < -0.39 is 0 Å². The summed E-state index contributed by atoms with van der Waals surface area (Å²) in [4.78, 5) is 12.1. The van der Waals surface area contributed by atoms with Gasteiger partial charge in [-0.25, -0.2) is 0 Å². The molecular formula is C14H10BrCl2NO. The first-order chi connectivity index (χ1) is 8.95. The molecule has 19 heavy (non-hydrogen) atoms. The third-order valence-corrected chi connectivity index (χ3v) is 3.50. The Bertz CT molecular complexity index is 623. The number of aryl methyl sites for hydroxylation is 1. The van der Waals surface area contributed by atoms with Crippen LogP contribution >= 0.6 is 39.1 Å². The smallest absolute Gasteiger partial charge is 0.255 e. The van der Waals surface area contributed by atoms with E-state index in [9.17, 15) is 4.79 Å². The minimum Gasteiger partial charge on any atom is -0.322 e. The third-order valence-electron chi connectivity index (χ3n) is 2.57. The molecule has 0 aromatic heterocycles. The van der Waals surface area contributed by atoms with Crippen molar-refractivity contribution < 1.29 is 4.79 Å². The van der Waals surface area contributed by atoms with Gasteiger partial charge in [0.2, 0.25) is 0 Å². The van der Waals surface area contributed by atoms with Gasteiger partial charge in [-0.05, 0) is 42.8 Å². The summed E-state index contributed by atoms with van der Waals surface area (Å²) in [5, 5.41) is 3.70. The Morgan fingerprint density at radius 1 is 1.11 bits per heavy atom. The number of nitrogens with one attached hydrogen (secondary N) is 1. The Hall–Kier alpha value is -1.03. The van der Waals surface area contributed by atoms with E-state index in [0.29, 0.717) is 15.6 Å². The van der Waals surface area contributed by atoms with E-state index in [1.54, 1.807) is 18.2 Å². The first kappa shape index (κ1) is 14.4. The van der Waals surface area contributed by atoms with Gasteiger partial charge in [0, 0.05) is 25.8 Å². The van der Waals surface area contributed by atoms with Gasteiger partial charge in [-0.2, -0.15) is 0 Å². The molecular weight excluding hydrogens is 349 g/mol. The molecule has 2 aromatic carbocycles. The molecule has 0 saturated heterocycles. The predicted molar refractivity (Wildman–Crippen MR) is 83.3 cm³/mol. The van der Waals surface area contributed by atoms with Crippen LogP contribution in [0.3, 0.4) is 0 Å². The highest BCUT2D eigenvalue weighted by Crippen LogP contribution is 2.23. The summed E-state index contributed by atoms with van der Waals surface area (Å²) in [7, 11) is 0. The van der Waals surface area contributed by atoms with Gasteiger partial charge in [0.1, 0.15) is 0 Å². The quantitative estimate of drug-likeness (QED) is 0.773. The van der Waals surface area contributed by atoms with Crippen LogP contribution in [0.25, 0.3) is 0 Å². The molecule has 0 aliphatic heterocycles. The van der Waals surface area contributed by atoms with Crippen molar-refractivity contribution in [2.75, 3.05) is 5.32 Å². The maximum Gasteiger partial charge on any atom is 0.255 e.